The highest BCUT2D eigenvalue weighted by molar-refractivity contribution is 7.75. The van der Waals surface area contributed by atoms with Crippen LogP contribution in [0.15, 0.2) is 12.1 Å². The maximum absolute atomic E-state index is 13.2. The van der Waals surface area contributed by atoms with Crippen LogP contribution < -0.4 is 5.32 Å². The molecule has 1 aromatic rings. The van der Waals surface area contributed by atoms with Gasteiger partial charge in [0.2, 0.25) is 0 Å². The number of hydrogen-bond donors (Lipinski definition) is 1. The molecular formula is C14H22FNOP+. The fraction of sp³-hybridized carbons (Fsp3) is 0.500. The molecule has 0 saturated heterocycles. The summed E-state index contributed by atoms with van der Waals surface area (Å²) in [6.45, 7) is 12.0. The number of halogens is 1. The maximum atomic E-state index is 13.2. The van der Waals surface area contributed by atoms with Crippen LogP contribution in [0.2, 0.25) is 0 Å². The Kier molecular flexibility index (Phi) is 4.50. The molecule has 0 aliphatic rings. The van der Waals surface area contributed by atoms with Crippen LogP contribution in [-0.2, 0) is 4.79 Å². The summed E-state index contributed by atoms with van der Waals surface area (Å²) in [4.78, 5) is 12.2. The fourth-order valence-corrected chi connectivity index (χ4v) is 2.46. The summed E-state index contributed by atoms with van der Waals surface area (Å²) < 4.78 is 13.2. The second-order valence-corrected chi connectivity index (χ2v) is 10.7. The SMILES string of the molecule is Cc1cc(F)cc(C)c1NC(=O)C(C)[P+](C)(C)C. The third-order valence-corrected chi connectivity index (χ3v) is 5.85. The van der Waals surface area contributed by atoms with Crippen molar-refractivity contribution in [1.29, 1.82) is 0 Å². The van der Waals surface area contributed by atoms with Crippen LogP contribution in [0.5, 0.6) is 0 Å². The van der Waals surface area contributed by atoms with Crippen molar-refractivity contribution in [3.05, 3.63) is 29.1 Å². The van der Waals surface area contributed by atoms with Gasteiger partial charge in [0.25, 0.3) is 5.91 Å². The number of anilines is 1. The van der Waals surface area contributed by atoms with Crippen molar-refractivity contribution in [2.75, 3.05) is 25.3 Å². The molecular weight excluding hydrogens is 248 g/mol. The largest absolute Gasteiger partial charge is 0.322 e. The van der Waals surface area contributed by atoms with Crippen LogP contribution in [0.1, 0.15) is 18.1 Å². The smallest absolute Gasteiger partial charge is 0.264 e. The van der Waals surface area contributed by atoms with Crippen molar-refractivity contribution in [1.82, 2.24) is 0 Å². The minimum absolute atomic E-state index is 0.00125. The molecule has 100 valence electrons. The number of hydrogen-bond acceptors (Lipinski definition) is 1. The number of amides is 1. The summed E-state index contributed by atoms with van der Waals surface area (Å²) in [5.41, 5.74) is 2.27. The highest BCUT2D eigenvalue weighted by atomic mass is 31.2. The number of carbonyl (C=O) groups is 1. The van der Waals surface area contributed by atoms with Crippen molar-refractivity contribution in [2.24, 2.45) is 0 Å². The van der Waals surface area contributed by atoms with E-state index in [-0.39, 0.29) is 17.4 Å². The Balaban J connectivity index is 2.96. The molecule has 4 heteroatoms. The molecule has 0 aliphatic heterocycles. The van der Waals surface area contributed by atoms with E-state index in [0.29, 0.717) is 0 Å². The van der Waals surface area contributed by atoms with Crippen LogP contribution in [0.3, 0.4) is 0 Å². The number of nitrogens with one attached hydrogen (secondary N) is 1. The van der Waals surface area contributed by atoms with Gasteiger partial charge in [0.05, 0.1) is 0 Å². The van der Waals surface area contributed by atoms with E-state index < -0.39 is 7.26 Å². The molecule has 0 aliphatic carbocycles. The van der Waals surface area contributed by atoms with E-state index in [1.807, 2.05) is 20.8 Å². The first-order valence-electron chi connectivity index (χ1n) is 6.01. The van der Waals surface area contributed by atoms with Crippen LogP contribution >= 0.6 is 7.26 Å². The molecule has 1 N–H and O–H groups in total. The first kappa shape index (κ1) is 15.1. The highest BCUT2D eigenvalue weighted by Crippen LogP contribution is 2.52. The van der Waals surface area contributed by atoms with Gasteiger partial charge in [0.15, 0.2) is 0 Å². The van der Waals surface area contributed by atoms with Crippen LogP contribution in [0, 0.1) is 19.7 Å². The van der Waals surface area contributed by atoms with Crippen molar-refractivity contribution in [3.8, 4) is 0 Å². The zero-order valence-corrected chi connectivity index (χ0v) is 12.9. The molecule has 1 rings (SSSR count). The van der Waals surface area contributed by atoms with Crippen molar-refractivity contribution in [2.45, 2.75) is 26.4 Å². The second kappa shape index (κ2) is 5.36. The highest BCUT2D eigenvalue weighted by Gasteiger charge is 2.33. The molecule has 0 spiro atoms. The van der Waals surface area contributed by atoms with Gasteiger partial charge in [-0.3, -0.25) is 4.79 Å². The summed E-state index contributed by atoms with van der Waals surface area (Å²) in [6.07, 6.45) is 0. The third-order valence-electron chi connectivity index (χ3n) is 3.29. The Morgan fingerprint density at radius 3 is 2.06 bits per heavy atom. The first-order valence-corrected chi connectivity index (χ1v) is 9.21. The Morgan fingerprint density at radius 1 is 1.22 bits per heavy atom. The number of carbonyl (C=O) groups excluding carboxylic acids is 1. The van der Waals surface area contributed by atoms with E-state index in [1.54, 1.807) is 0 Å². The van der Waals surface area contributed by atoms with Gasteiger partial charge in [-0.05, 0) is 44.0 Å². The van der Waals surface area contributed by atoms with Gasteiger partial charge in [-0.15, -0.1) is 0 Å². The average molecular weight is 270 g/mol. The monoisotopic (exact) mass is 270 g/mol. The summed E-state index contributed by atoms with van der Waals surface area (Å²) in [7, 11) is -1.23. The Bertz CT molecular complexity index is 442. The van der Waals surface area contributed by atoms with E-state index in [4.69, 9.17) is 0 Å². The molecule has 0 saturated carbocycles. The van der Waals surface area contributed by atoms with E-state index in [0.717, 1.165) is 16.8 Å². The molecule has 0 fully saturated rings. The van der Waals surface area contributed by atoms with E-state index in [1.165, 1.54) is 12.1 Å². The van der Waals surface area contributed by atoms with Gasteiger partial charge < -0.3 is 5.32 Å². The lowest BCUT2D eigenvalue weighted by molar-refractivity contribution is -0.115. The predicted molar refractivity (Wildman–Crippen MR) is 78.7 cm³/mol. The molecule has 1 amide bonds. The Labute approximate surface area is 109 Å². The summed E-state index contributed by atoms with van der Waals surface area (Å²) in [5.74, 6) is -0.243. The third kappa shape index (κ3) is 3.52. The normalized spacial score (nSPS) is 13.3. The summed E-state index contributed by atoms with van der Waals surface area (Å²) >= 11 is 0. The van der Waals surface area contributed by atoms with Crippen LogP contribution in [0.25, 0.3) is 0 Å². The molecule has 0 radical (unpaired) electrons. The molecule has 2 nitrogen and oxygen atoms in total. The van der Waals surface area contributed by atoms with Crippen molar-refractivity contribution in [3.63, 3.8) is 0 Å². The number of benzene rings is 1. The van der Waals surface area contributed by atoms with Gasteiger partial charge >= 0.3 is 0 Å². The first-order chi connectivity index (χ1) is 8.12. The van der Waals surface area contributed by atoms with Crippen LogP contribution in [0.4, 0.5) is 10.1 Å². The van der Waals surface area contributed by atoms with Crippen molar-refractivity contribution >= 4 is 18.9 Å². The lowest BCUT2D eigenvalue weighted by atomic mass is 10.1. The Morgan fingerprint density at radius 2 is 1.67 bits per heavy atom. The topological polar surface area (TPSA) is 29.1 Å². The van der Waals surface area contributed by atoms with Gasteiger partial charge in [0, 0.05) is 32.9 Å². The molecule has 0 aromatic heterocycles. The summed E-state index contributed by atoms with van der Waals surface area (Å²) in [6, 6.07) is 2.89. The van der Waals surface area contributed by atoms with Gasteiger partial charge in [-0.25, -0.2) is 4.39 Å². The minimum atomic E-state index is -1.23. The molecule has 1 unspecified atom stereocenters. The molecule has 18 heavy (non-hydrogen) atoms. The van der Waals surface area contributed by atoms with E-state index in [9.17, 15) is 9.18 Å². The lowest BCUT2D eigenvalue weighted by Gasteiger charge is -2.21. The zero-order chi connectivity index (χ0) is 14.1. The average Bonchev–Trinajstić information content (AvgIpc) is 2.20. The van der Waals surface area contributed by atoms with Crippen LogP contribution in [-0.4, -0.2) is 31.6 Å². The van der Waals surface area contributed by atoms with Gasteiger partial charge in [-0.1, -0.05) is 0 Å². The second-order valence-electron chi connectivity index (χ2n) is 5.70. The molecule has 1 aromatic carbocycles. The Hall–Kier alpha value is -0.950. The maximum Gasteiger partial charge on any atom is 0.264 e. The lowest BCUT2D eigenvalue weighted by Crippen LogP contribution is -2.27. The van der Waals surface area contributed by atoms with E-state index in [2.05, 4.69) is 25.3 Å². The van der Waals surface area contributed by atoms with Gasteiger partial charge in [0.1, 0.15) is 11.5 Å². The number of aryl methyl sites for hydroxylation is 2. The molecule has 0 heterocycles. The number of rotatable bonds is 3. The fourth-order valence-electron chi connectivity index (χ4n) is 1.69. The standard InChI is InChI=1S/C14H21FNOP/c1-9-7-12(15)8-10(2)13(9)16-14(17)11(3)18(4,5)6/h7-8,11H,1-6H3/p+1. The molecule has 1 atom stereocenters. The zero-order valence-electron chi connectivity index (χ0n) is 12.0. The minimum Gasteiger partial charge on any atom is -0.322 e. The summed E-state index contributed by atoms with van der Waals surface area (Å²) in [5, 5.41) is 2.93. The van der Waals surface area contributed by atoms with Crippen molar-refractivity contribution < 1.29 is 9.18 Å². The predicted octanol–water partition coefficient (Wildman–Crippen LogP) is 3.68. The quantitative estimate of drug-likeness (QED) is 0.834. The van der Waals surface area contributed by atoms with Gasteiger partial charge in [-0.2, -0.15) is 0 Å². The molecule has 0 bridgehead atoms. The van der Waals surface area contributed by atoms with E-state index >= 15 is 0 Å².